The number of halogens is 2. The van der Waals surface area contributed by atoms with Crippen LogP contribution in [0.3, 0.4) is 0 Å². The first-order valence-electron chi connectivity index (χ1n) is 4.70. The monoisotopic (exact) mass is 358 g/mol. The molecule has 0 saturated heterocycles. The van der Waals surface area contributed by atoms with E-state index in [2.05, 4.69) is 52.4 Å². The summed E-state index contributed by atoms with van der Waals surface area (Å²) in [6.45, 7) is 1.97. The van der Waals surface area contributed by atoms with Crippen molar-refractivity contribution in [2.75, 3.05) is 5.32 Å². The number of rotatable bonds is 2. The van der Waals surface area contributed by atoms with Gasteiger partial charge in [0.05, 0.1) is 5.69 Å². The number of H-pyrrole nitrogens is 1. The van der Waals surface area contributed by atoms with Crippen LogP contribution in [-0.2, 0) is 0 Å². The average molecular weight is 360 g/mol. The van der Waals surface area contributed by atoms with Crippen molar-refractivity contribution in [1.29, 1.82) is 0 Å². The summed E-state index contributed by atoms with van der Waals surface area (Å²) in [5.41, 5.74) is 1.75. The van der Waals surface area contributed by atoms with Crippen molar-refractivity contribution in [3.8, 4) is 0 Å². The molecule has 5 nitrogen and oxygen atoms in total. The van der Waals surface area contributed by atoms with Gasteiger partial charge < -0.3 is 5.32 Å². The molecule has 1 heterocycles. The van der Waals surface area contributed by atoms with E-state index in [0.717, 1.165) is 14.5 Å². The zero-order valence-electron chi connectivity index (χ0n) is 8.79. The van der Waals surface area contributed by atoms with Crippen molar-refractivity contribution in [3.05, 3.63) is 38.8 Å². The summed E-state index contributed by atoms with van der Waals surface area (Å²) in [7, 11) is 0. The fraction of sp³-hybridized carbons (Fsp3) is 0.100. The van der Waals surface area contributed by atoms with Crippen molar-refractivity contribution < 1.29 is 4.79 Å². The van der Waals surface area contributed by atoms with Crippen molar-refractivity contribution in [1.82, 2.24) is 15.2 Å². The first-order chi connectivity index (χ1) is 8.08. The van der Waals surface area contributed by atoms with Crippen LogP contribution in [-0.4, -0.2) is 21.1 Å². The van der Waals surface area contributed by atoms with Crippen LogP contribution >= 0.6 is 31.9 Å². The Labute approximate surface area is 114 Å². The van der Waals surface area contributed by atoms with Crippen molar-refractivity contribution in [3.63, 3.8) is 0 Å². The summed E-state index contributed by atoms with van der Waals surface area (Å²) >= 11 is 6.80. The highest BCUT2D eigenvalue weighted by Gasteiger charge is 2.13. The van der Waals surface area contributed by atoms with E-state index in [9.17, 15) is 4.79 Å². The number of amides is 1. The minimum absolute atomic E-state index is 0.171. The molecule has 0 aliphatic rings. The van der Waals surface area contributed by atoms with Gasteiger partial charge in [-0.25, -0.2) is 4.98 Å². The lowest BCUT2D eigenvalue weighted by Gasteiger charge is -2.09. The molecule has 0 fully saturated rings. The van der Waals surface area contributed by atoms with Crippen LogP contribution < -0.4 is 5.32 Å². The number of anilines is 1. The molecule has 0 radical (unpaired) electrons. The molecule has 2 aromatic rings. The van der Waals surface area contributed by atoms with E-state index in [1.54, 1.807) is 0 Å². The number of hydrogen-bond donors (Lipinski definition) is 2. The third kappa shape index (κ3) is 2.73. The quantitative estimate of drug-likeness (QED) is 0.866. The number of carbonyl (C=O) groups is 1. The highest BCUT2D eigenvalue weighted by Crippen LogP contribution is 2.32. The maximum Gasteiger partial charge on any atom is 0.293 e. The second-order valence-electron chi connectivity index (χ2n) is 3.39. The third-order valence-corrected chi connectivity index (χ3v) is 3.31. The standard InChI is InChI=1S/C10H8Br2N4O/c1-5-2-6(11)8(7(12)3-5)15-10(17)9-13-4-14-16-9/h2-4H,1H3,(H,15,17)(H,13,14,16). The van der Waals surface area contributed by atoms with Crippen LogP contribution in [0.15, 0.2) is 27.4 Å². The van der Waals surface area contributed by atoms with E-state index < -0.39 is 0 Å². The SMILES string of the molecule is Cc1cc(Br)c(NC(=O)c2ncn[nH]2)c(Br)c1. The van der Waals surface area contributed by atoms with E-state index in [0.29, 0.717) is 5.69 Å². The van der Waals surface area contributed by atoms with Crippen LogP contribution in [0, 0.1) is 6.92 Å². The molecule has 2 rings (SSSR count). The Morgan fingerprint density at radius 2 is 2.00 bits per heavy atom. The Hall–Kier alpha value is -1.21. The molecular weight excluding hydrogens is 352 g/mol. The smallest absolute Gasteiger partial charge is 0.293 e. The van der Waals surface area contributed by atoms with E-state index in [1.807, 2.05) is 19.1 Å². The molecule has 0 saturated carbocycles. The van der Waals surface area contributed by atoms with E-state index in [1.165, 1.54) is 6.33 Å². The fourth-order valence-electron chi connectivity index (χ4n) is 1.31. The molecule has 1 aromatic heterocycles. The number of benzene rings is 1. The molecule has 1 amide bonds. The first-order valence-corrected chi connectivity index (χ1v) is 6.29. The second kappa shape index (κ2) is 4.97. The zero-order chi connectivity index (χ0) is 12.4. The molecule has 0 bridgehead atoms. The lowest BCUT2D eigenvalue weighted by atomic mass is 10.2. The maximum absolute atomic E-state index is 11.8. The number of aromatic nitrogens is 3. The molecule has 0 aliphatic heterocycles. The topological polar surface area (TPSA) is 70.7 Å². The van der Waals surface area contributed by atoms with Crippen molar-refractivity contribution in [2.24, 2.45) is 0 Å². The number of aryl methyl sites for hydroxylation is 1. The van der Waals surface area contributed by atoms with Crippen molar-refractivity contribution >= 4 is 43.5 Å². The van der Waals surface area contributed by atoms with Crippen LogP contribution in [0.5, 0.6) is 0 Å². The van der Waals surface area contributed by atoms with Crippen molar-refractivity contribution in [2.45, 2.75) is 6.92 Å². The van der Waals surface area contributed by atoms with Gasteiger partial charge in [0, 0.05) is 8.95 Å². The Morgan fingerprint density at radius 1 is 1.35 bits per heavy atom. The van der Waals surface area contributed by atoms with Crippen LogP contribution in [0.25, 0.3) is 0 Å². The number of carbonyl (C=O) groups excluding carboxylic acids is 1. The van der Waals surface area contributed by atoms with Gasteiger partial charge >= 0.3 is 0 Å². The Bertz CT molecular complexity index is 530. The number of aromatic amines is 1. The summed E-state index contributed by atoms with van der Waals surface area (Å²) < 4.78 is 1.61. The molecule has 1 aromatic carbocycles. The summed E-state index contributed by atoms with van der Waals surface area (Å²) in [4.78, 5) is 15.6. The zero-order valence-corrected chi connectivity index (χ0v) is 12.0. The minimum atomic E-state index is -0.340. The van der Waals surface area contributed by atoms with Gasteiger partial charge in [-0.05, 0) is 56.5 Å². The van der Waals surface area contributed by atoms with Gasteiger partial charge in [-0.2, -0.15) is 5.10 Å². The average Bonchev–Trinajstić information content (AvgIpc) is 2.76. The maximum atomic E-state index is 11.8. The van der Waals surface area contributed by atoms with E-state index in [4.69, 9.17) is 0 Å². The highest BCUT2D eigenvalue weighted by atomic mass is 79.9. The van der Waals surface area contributed by atoms with Gasteiger partial charge in [0.25, 0.3) is 5.91 Å². The molecule has 0 spiro atoms. The lowest BCUT2D eigenvalue weighted by molar-refractivity contribution is 0.101. The van der Waals surface area contributed by atoms with Gasteiger partial charge in [0.2, 0.25) is 5.82 Å². The lowest BCUT2D eigenvalue weighted by Crippen LogP contribution is -2.14. The number of hydrogen-bond acceptors (Lipinski definition) is 3. The first kappa shape index (κ1) is 12.3. The summed E-state index contributed by atoms with van der Waals surface area (Å²) in [5.74, 6) is -0.169. The van der Waals surface area contributed by atoms with Gasteiger partial charge in [0.1, 0.15) is 6.33 Å². The summed E-state index contributed by atoms with van der Waals surface area (Å²) in [6, 6.07) is 3.83. The Kier molecular flexibility index (Phi) is 3.58. The molecule has 0 unspecified atom stereocenters. The highest BCUT2D eigenvalue weighted by molar-refractivity contribution is 9.11. The molecule has 0 aliphatic carbocycles. The fourth-order valence-corrected chi connectivity index (χ4v) is 2.92. The molecule has 88 valence electrons. The van der Waals surface area contributed by atoms with Crippen LogP contribution in [0.2, 0.25) is 0 Å². The molecule has 0 atom stereocenters. The molecule has 17 heavy (non-hydrogen) atoms. The Balaban J connectivity index is 2.28. The molecular formula is C10H8Br2N4O. The Morgan fingerprint density at radius 3 is 2.53 bits per heavy atom. The van der Waals surface area contributed by atoms with Crippen LogP contribution in [0.1, 0.15) is 16.2 Å². The van der Waals surface area contributed by atoms with Gasteiger partial charge in [0.15, 0.2) is 0 Å². The van der Waals surface area contributed by atoms with Gasteiger partial charge in [-0.1, -0.05) is 0 Å². The van der Waals surface area contributed by atoms with Crippen LogP contribution in [0.4, 0.5) is 5.69 Å². The van der Waals surface area contributed by atoms with E-state index in [-0.39, 0.29) is 11.7 Å². The molecule has 7 heteroatoms. The predicted octanol–water partition coefficient (Wildman–Crippen LogP) is 2.89. The number of nitrogens with one attached hydrogen (secondary N) is 2. The molecule has 2 N–H and O–H groups in total. The number of nitrogens with zero attached hydrogens (tertiary/aromatic N) is 2. The third-order valence-electron chi connectivity index (χ3n) is 2.06. The van der Waals surface area contributed by atoms with Gasteiger partial charge in [-0.15, -0.1) is 0 Å². The summed E-state index contributed by atoms with van der Waals surface area (Å²) in [6.07, 6.45) is 1.29. The largest absolute Gasteiger partial charge is 0.317 e. The normalized spacial score (nSPS) is 10.3. The van der Waals surface area contributed by atoms with Gasteiger partial charge in [-0.3, -0.25) is 9.89 Å². The van der Waals surface area contributed by atoms with E-state index >= 15 is 0 Å². The predicted molar refractivity (Wildman–Crippen MR) is 70.9 cm³/mol. The summed E-state index contributed by atoms with van der Waals surface area (Å²) in [5, 5.41) is 8.87. The second-order valence-corrected chi connectivity index (χ2v) is 5.10. The minimum Gasteiger partial charge on any atom is -0.317 e.